The Morgan fingerprint density at radius 2 is 2.15 bits per heavy atom. The van der Waals surface area contributed by atoms with Crippen LogP contribution in [0.15, 0.2) is 12.7 Å². The number of hydrogen-bond donors (Lipinski definition) is 0. The quantitative estimate of drug-likeness (QED) is 0.511. The van der Waals surface area contributed by atoms with Crippen LogP contribution < -0.4 is 0 Å². The first-order valence-electron chi connectivity index (χ1n) is 4.45. The SMILES string of the molecule is C=CC[C@H]1CC[C@@H](OI)C1COI. The Labute approximate surface area is 108 Å². The molecule has 0 aromatic heterocycles. The van der Waals surface area contributed by atoms with Crippen LogP contribution in [-0.2, 0) is 6.13 Å². The molecule has 1 unspecified atom stereocenters. The molecule has 1 aliphatic rings. The number of allylic oxidation sites excluding steroid dienone is 1. The highest BCUT2D eigenvalue weighted by molar-refractivity contribution is 14.1. The van der Waals surface area contributed by atoms with Crippen LogP contribution in [0, 0.1) is 11.8 Å². The molecule has 4 heteroatoms. The summed E-state index contributed by atoms with van der Waals surface area (Å²) in [7, 11) is 0. The van der Waals surface area contributed by atoms with E-state index < -0.39 is 0 Å². The maximum Gasteiger partial charge on any atom is 0.110 e. The highest BCUT2D eigenvalue weighted by atomic mass is 127. The van der Waals surface area contributed by atoms with Gasteiger partial charge in [-0.2, -0.15) is 0 Å². The molecule has 0 saturated heterocycles. The fourth-order valence-corrected chi connectivity index (χ4v) is 3.09. The summed E-state index contributed by atoms with van der Waals surface area (Å²) in [6.45, 7) is 4.58. The van der Waals surface area contributed by atoms with E-state index in [0.29, 0.717) is 17.9 Å². The van der Waals surface area contributed by atoms with Crippen molar-refractivity contribution in [1.29, 1.82) is 0 Å². The third kappa shape index (κ3) is 3.32. The first-order valence-corrected chi connectivity index (χ1v) is 6.21. The van der Waals surface area contributed by atoms with E-state index in [0.717, 1.165) is 19.4 Å². The molecule has 0 aromatic rings. The number of halogens is 2. The Bertz CT molecular complexity index is 164. The van der Waals surface area contributed by atoms with Crippen LogP contribution >= 0.6 is 46.0 Å². The fraction of sp³-hybridized carbons (Fsp3) is 0.778. The van der Waals surface area contributed by atoms with E-state index in [1.165, 1.54) is 6.42 Å². The second-order valence-corrected chi connectivity index (χ2v) is 4.56. The zero-order chi connectivity index (χ0) is 9.68. The minimum atomic E-state index is 0.375. The molecule has 0 N–H and O–H groups in total. The lowest BCUT2D eigenvalue weighted by Crippen LogP contribution is -2.23. The molecule has 13 heavy (non-hydrogen) atoms. The van der Waals surface area contributed by atoms with E-state index in [9.17, 15) is 0 Å². The number of rotatable bonds is 5. The molecule has 0 bridgehead atoms. The molecule has 1 rings (SSSR count). The van der Waals surface area contributed by atoms with Crippen LogP contribution in [0.5, 0.6) is 0 Å². The highest BCUT2D eigenvalue weighted by Crippen LogP contribution is 2.37. The van der Waals surface area contributed by atoms with Crippen molar-refractivity contribution in [1.82, 2.24) is 0 Å². The van der Waals surface area contributed by atoms with Gasteiger partial charge in [0.1, 0.15) is 46.0 Å². The first-order chi connectivity index (χ1) is 6.33. The average molecular weight is 408 g/mol. The summed E-state index contributed by atoms with van der Waals surface area (Å²) in [6.07, 6.45) is 5.86. The van der Waals surface area contributed by atoms with Gasteiger partial charge in [-0.1, -0.05) is 6.08 Å². The normalized spacial score (nSPS) is 33.5. The van der Waals surface area contributed by atoms with Crippen molar-refractivity contribution < 1.29 is 6.13 Å². The molecule has 0 spiro atoms. The largest absolute Gasteiger partial charge is 0.315 e. The monoisotopic (exact) mass is 408 g/mol. The lowest BCUT2D eigenvalue weighted by Gasteiger charge is -2.20. The molecule has 3 atom stereocenters. The molecule has 1 fully saturated rings. The van der Waals surface area contributed by atoms with Crippen LogP contribution in [0.25, 0.3) is 0 Å². The Morgan fingerprint density at radius 3 is 2.69 bits per heavy atom. The minimum Gasteiger partial charge on any atom is -0.315 e. The Kier molecular flexibility index (Phi) is 6.17. The molecule has 1 saturated carbocycles. The van der Waals surface area contributed by atoms with Gasteiger partial charge in [-0.3, -0.25) is 0 Å². The van der Waals surface area contributed by atoms with Gasteiger partial charge in [0.2, 0.25) is 0 Å². The summed E-state index contributed by atoms with van der Waals surface area (Å²) in [6, 6.07) is 0. The molecule has 76 valence electrons. The smallest absolute Gasteiger partial charge is 0.110 e. The number of hydrogen-bond acceptors (Lipinski definition) is 2. The lowest BCUT2D eigenvalue weighted by molar-refractivity contribution is 0.154. The van der Waals surface area contributed by atoms with E-state index in [4.69, 9.17) is 6.13 Å². The summed E-state index contributed by atoms with van der Waals surface area (Å²) in [5, 5.41) is 0. The highest BCUT2D eigenvalue weighted by Gasteiger charge is 2.35. The van der Waals surface area contributed by atoms with Crippen molar-refractivity contribution in [2.75, 3.05) is 6.61 Å². The van der Waals surface area contributed by atoms with Crippen molar-refractivity contribution in [2.24, 2.45) is 11.8 Å². The van der Waals surface area contributed by atoms with Gasteiger partial charge in [-0.25, -0.2) is 0 Å². The minimum absolute atomic E-state index is 0.375. The molecule has 0 aromatic carbocycles. The zero-order valence-electron chi connectivity index (χ0n) is 7.42. The molecule has 0 aliphatic heterocycles. The molecular formula is C9H14I2O2. The summed E-state index contributed by atoms with van der Waals surface area (Å²) < 4.78 is 10.6. The fourth-order valence-electron chi connectivity index (χ4n) is 2.04. The Hall–Kier alpha value is 1.12. The maximum atomic E-state index is 5.41. The summed E-state index contributed by atoms with van der Waals surface area (Å²) >= 11 is 3.96. The molecular weight excluding hydrogens is 394 g/mol. The van der Waals surface area contributed by atoms with E-state index in [1.807, 2.05) is 52.1 Å². The van der Waals surface area contributed by atoms with Crippen molar-refractivity contribution in [3.63, 3.8) is 0 Å². The third-order valence-corrected chi connectivity index (χ3v) is 3.76. The van der Waals surface area contributed by atoms with Crippen molar-refractivity contribution >= 4 is 46.0 Å². The van der Waals surface area contributed by atoms with Crippen molar-refractivity contribution in [3.05, 3.63) is 12.7 Å². The van der Waals surface area contributed by atoms with Gasteiger partial charge in [0, 0.05) is 5.92 Å². The molecule has 0 amide bonds. The van der Waals surface area contributed by atoms with Crippen LogP contribution in [0.2, 0.25) is 0 Å². The molecule has 2 nitrogen and oxygen atoms in total. The van der Waals surface area contributed by atoms with Gasteiger partial charge in [0.25, 0.3) is 0 Å². The molecule has 0 radical (unpaired) electrons. The van der Waals surface area contributed by atoms with E-state index >= 15 is 0 Å². The predicted octanol–water partition coefficient (Wildman–Crippen LogP) is 3.69. The van der Waals surface area contributed by atoms with Crippen LogP contribution in [0.3, 0.4) is 0 Å². The van der Waals surface area contributed by atoms with E-state index in [-0.39, 0.29) is 0 Å². The van der Waals surface area contributed by atoms with Gasteiger partial charge in [-0.15, -0.1) is 6.58 Å². The third-order valence-electron chi connectivity index (χ3n) is 2.74. The van der Waals surface area contributed by atoms with Crippen LogP contribution in [0.4, 0.5) is 0 Å². The maximum absolute atomic E-state index is 5.41. The van der Waals surface area contributed by atoms with Crippen LogP contribution in [0.1, 0.15) is 19.3 Å². The molecule has 0 heterocycles. The predicted molar refractivity (Wildman–Crippen MR) is 69.9 cm³/mol. The van der Waals surface area contributed by atoms with E-state index in [2.05, 4.69) is 6.58 Å². The second kappa shape index (κ2) is 6.58. The van der Waals surface area contributed by atoms with Gasteiger partial charge in [-0.05, 0) is 25.2 Å². The molecule has 1 aliphatic carbocycles. The standard InChI is InChI=1S/C9H14I2O2/c1-2-3-7-4-5-9(13-11)8(7)6-12-10/h2,7-9H,1,3-6H2/t7-,8?,9+/m0/s1. The summed E-state index contributed by atoms with van der Waals surface area (Å²) in [5.41, 5.74) is 0. The van der Waals surface area contributed by atoms with Crippen molar-refractivity contribution in [3.8, 4) is 0 Å². The first kappa shape index (κ1) is 12.2. The lowest BCUT2D eigenvalue weighted by atomic mass is 9.93. The average Bonchev–Trinajstić information content (AvgIpc) is 2.50. The van der Waals surface area contributed by atoms with Crippen molar-refractivity contribution in [2.45, 2.75) is 25.4 Å². The van der Waals surface area contributed by atoms with Gasteiger partial charge in [0.05, 0.1) is 12.7 Å². The van der Waals surface area contributed by atoms with Gasteiger partial charge in [0.15, 0.2) is 0 Å². The topological polar surface area (TPSA) is 18.5 Å². The Morgan fingerprint density at radius 1 is 1.38 bits per heavy atom. The van der Waals surface area contributed by atoms with E-state index in [1.54, 1.807) is 0 Å². The summed E-state index contributed by atoms with van der Waals surface area (Å²) in [5.74, 6) is 1.25. The second-order valence-electron chi connectivity index (χ2n) is 3.43. The zero-order valence-corrected chi connectivity index (χ0v) is 11.7. The van der Waals surface area contributed by atoms with Gasteiger partial charge >= 0.3 is 0 Å². The summed E-state index contributed by atoms with van der Waals surface area (Å²) in [4.78, 5) is 0. The Balaban J connectivity index is 2.49. The van der Waals surface area contributed by atoms with Gasteiger partial charge < -0.3 is 6.13 Å². The van der Waals surface area contributed by atoms with Crippen LogP contribution in [-0.4, -0.2) is 12.7 Å².